The SMILES string of the molecule is O=[N+]([O-])c1ccc(Br)cc1CNCCc1ccc(F)cc1. The van der Waals surface area contributed by atoms with Gasteiger partial charge in [-0.3, -0.25) is 10.1 Å². The van der Waals surface area contributed by atoms with Crippen molar-refractivity contribution in [3.63, 3.8) is 0 Å². The highest BCUT2D eigenvalue weighted by Crippen LogP contribution is 2.22. The quantitative estimate of drug-likeness (QED) is 0.488. The van der Waals surface area contributed by atoms with Crippen molar-refractivity contribution in [3.05, 3.63) is 74.0 Å². The third-order valence-electron chi connectivity index (χ3n) is 3.06. The fraction of sp³-hybridized carbons (Fsp3) is 0.200. The van der Waals surface area contributed by atoms with E-state index in [9.17, 15) is 14.5 Å². The second-order valence-corrected chi connectivity index (χ2v) is 5.50. The van der Waals surface area contributed by atoms with Crippen LogP contribution < -0.4 is 5.32 Å². The number of nitrogens with one attached hydrogen (secondary N) is 1. The summed E-state index contributed by atoms with van der Waals surface area (Å²) in [4.78, 5) is 10.6. The third-order valence-corrected chi connectivity index (χ3v) is 3.55. The van der Waals surface area contributed by atoms with Gasteiger partial charge >= 0.3 is 0 Å². The van der Waals surface area contributed by atoms with Gasteiger partial charge in [-0.1, -0.05) is 28.1 Å². The van der Waals surface area contributed by atoms with Crippen LogP contribution in [-0.4, -0.2) is 11.5 Å². The molecule has 0 saturated carbocycles. The standard InChI is InChI=1S/C15H14BrFN2O2/c16-13-3-6-15(19(20)21)12(9-13)10-18-8-7-11-1-4-14(17)5-2-11/h1-6,9,18H,7-8,10H2. The van der Waals surface area contributed by atoms with Gasteiger partial charge in [0.05, 0.1) is 4.92 Å². The molecule has 0 atom stereocenters. The maximum atomic E-state index is 12.8. The lowest BCUT2D eigenvalue weighted by Crippen LogP contribution is -2.17. The minimum atomic E-state index is -0.385. The average Bonchev–Trinajstić information content (AvgIpc) is 2.45. The molecule has 21 heavy (non-hydrogen) atoms. The molecule has 0 aromatic heterocycles. The Hall–Kier alpha value is -1.79. The summed E-state index contributed by atoms with van der Waals surface area (Å²) in [6.07, 6.45) is 0.738. The van der Waals surface area contributed by atoms with Gasteiger partial charge in [0.2, 0.25) is 0 Å². The molecule has 0 aliphatic heterocycles. The van der Waals surface area contributed by atoms with Gasteiger partial charge < -0.3 is 5.32 Å². The van der Waals surface area contributed by atoms with E-state index in [4.69, 9.17) is 0 Å². The number of nitrogens with zero attached hydrogens (tertiary/aromatic N) is 1. The van der Waals surface area contributed by atoms with Gasteiger partial charge in [0.1, 0.15) is 5.82 Å². The highest BCUT2D eigenvalue weighted by atomic mass is 79.9. The summed E-state index contributed by atoms with van der Waals surface area (Å²) in [5, 5.41) is 14.1. The molecule has 1 N–H and O–H groups in total. The first kappa shape index (κ1) is 15.6. The van der Waals surface area contributed by atoms with Crippen LogP contribution in [0.2, 0.25) is 0 Å². The lowest BCUT2D eigenvalue weighted by atomic mass is 10.1. The molecule has 2 rings (SSSR count). The first-order valence-electron chi connectivity index (χ1n) is 6.44. The normalized spacial score (nSPS) is 10.6. The summed E-state index contributed by atoms with van der Waals surface area (Å²) >= 11 is 3.31. The zero-order valence-electron chi connectivity index (χ0n) is 11.2. The summed E-state index contributed by atoms with van der Waals surface area (Å²) in [5.74, 6) is -0.253. The molecule has 0 fully saturated rings. The summed E-state index contributed by atoms with van der Waals surface area (Å²) in [7, 11) is 0. The maximum absolute atomic E-state index is 12.8. The summed E-state index contributed by atoms with van der Waals surface area (Å²) < 4.78 is 13.6. The Morgan fingerprint density at radius 1 is 1.19 bits per heavy atom. The van der Waals surface area contributed by atoms with Crippen LogP contribution >= 0.6 is 15.9 Å². The van der Waals surface area contributed by atoms with Crippen molar-refractivity contribution in [1.82, 2.24) is 5.32 Å². The summed E-state index contributed by atoms with van der Waals surface area (Å²) in [5.41, 5.74) is 1.76. The average molecular weight is 353 g/mol. The highest BCUT2D eigenvalue weighted by molar-refractivity contribution is 9.10. The second-order valence-electron chi connectivity index (χ2n) is 4.58. The zero-order chi connectivity index (χ0) is 15.2. The molecule has 0 bridgehead atoms. The van der Waals surface area contributed by atoms with Crippen molar-refractivity contribution in [2.75, 3.05) is 6.54 Å². The first-order valence-corrected chi connectivity index (χ1v) is 7.23. The fourth-order valence-electron chi connectivity index (χ4n) is 1.98. The Labute approximate surface area is 130 Å². The van der Waals surface area contributed by atoms with Crippen molar-refractivity contribution in [2.24, 2.45) is 0 Å². The molecule has 2 aromatic rings. The van der Waals surface area contributed by atoms with E-state index in [0.29, 0.717) is 18.7 Å². The van der Waals surface area contributed by atoms with Gasteiger partial charge in [-0.25, -0.2) is 4.39 Å². The van der Waals surface area contributed by atoms with Crippen LogP contribution in [0.25, 0.3) is 0 Å². The molecule has 0 aliphatic rings. The summed E-state index contributed by atoms with van der Waals surface area (Å²) in [6.45, 7) is 1.08. The molecule has 0 aliphatic carbocycles. The Bertz CT molecular complexity index is 632. The Morgan fingerprint density at radius 3 is 2.57 bits per heavy atom. The maximum Gasteiger partial charge on any atom is 0.273 e. The molecule has 4 nitrogen and oxygen atoms in total. The van der Waals surface area contributed by atoms with E-state index >= 15 is 0 Å². The lowest BCUT2D eigenvalue weighted by Gasteiger charge is -2.06. The molecule has 0 amide bonds. The van der Waals surface area contributed by atoms with E-state index in [1.807, 2.05) is 0 Å². The van der Waals surface area contributed by atoms with Crippen LogP contribution in [0, 0.1) is 15.9 Å². The van der Waals surface area contributed by atoms with E-state index in [2.05, 4.69) is 21.2 Å². The number of hydrogen-bond acceptors (Lipinski definition) is 3. The third kappa shape index (κ3) is 4.61. The predicted octanol–water partition coefficient (Wildman–Crippen LogP) is 3.83. The van der Waals surface area contributed by atoms with Gasteiger partial charge in [0.25, 0.3) is 5.69 Å². The second kappa shape index (κ2) is 7.28. The number of rotatable bonds is 6. The van der Waals surface area contributed by atoms with Gasteiger partial charge in [-0.2, -0.15) is 0 Å². The van der Waals surface area contributed by atoms with Crippen molar-refractivity contribution in [2.45, 2.75) is 13.0 Å². The minimum Gasteiger partial charge on any atom is -0.312 e. The van der Waals surface area contributed by atoms with Crippen LogP contribution in [0.1, 0.15) is 11.1 Å². The van der Waals surface area contributed by atoms with Crippen LogP contribution in [0.4, 0.5) is 10.1 Å². The number of benzene rings is 2. The topological polar surface area (TPSA) is 55.2 Å². The number of hydrogen-bond donors (Lipinski definition) is 1. The lowest BCUT2D eigenvalue weighted by molar-refractivity contribution is -0.385. The molecule has 0 unspecified atom stereocenters. The predicted molar refractivity (Wildman–Crippen MR) is 82.6 cm³/mol. The van der Waals surface area contributed by atoms with E-state index in [0.717, 1.165) is 16.5 Å². The molecular formula is C15H14BrFN2O2. The monoisotopic (exact) mass is 352 g/mol. The van der Waals surface area contributed by atoms with Gasteiger partial charge in [0.15, 0.2) is 0 Å². The van der Waals surface area contributed by atoms with E-state index < -0.39 is 0 Å². The van der Waals surface area contributed by atoms with Crippen LogP contribution in [0.5, 0.6) is 0 Å². The Morgan fingerprint density at radius 2 is 1.90 bits per heavy atom. The zero-order valence-corrected chi connectivity index (χ0v) is 12.8. The van der Waals surface area contributed by atoms with E-state index in [-0.39, 0.29) is 16.4 Å². The molecule has 0 radical (unpaired) electrons. The smallest absolute Gasteiger partial charge is 0.273 e. The molecule has 6 heteroatoms. The number of halogens is 2. The summed E-state index contributed by atoms with van der Waals surface area (Å²) in [6, 6.07) is 11.2. The van der Waals surface area contributed by atoms with Crippen LogP contribution in [0.15, 0.2) is 46.9 Å². The number of nitro groups is 1. The Balaban J connectivity index is 1.90. The molecule has 0 spiro atoms. The van der Waals surface area contributed by atoms with Crippen LogP contribution in [-0.2, 0) is 13.0 Å². The van der Waals surface area contributed by atoms with E-state index in [1.165, 1.54) is 18.2 Å². The Kier molecular flexibility index (Phi) is 5.41. The number of nitro benzene ring substituents is 1. The largest absolute Gasteiger partial charge is 0.312 e. The highest BCUT2D eigenvalue weighted by Gasteiger charge is 2.12. The fourth-order valence-corrected chi connectivity index (χ4v) is 2.39. The van der Waals surface area contributed by atoms with Crippen LogP contribution in [0.3, 0.4) is 0 Å². The molecule has 0 heterocycles. The van der Waals surface area contributed by atoms with Crippen molar-refractivity contribution in [3.8, 4) is 0 Å². The van der Waals surface area contributed by atoms with Crippen molar-refractivity contribution in [1.29, 1.82) is 0 Å². The molecule has 110 valence electrons. The van der Waals surface area contributed by atoms with Gasteiger partial charge in [-0.05, 0) is 42.8 Å². The molecule has 0 saturated heterocycles. The first-order chi connectivity index (χ1) is 10.1. The minimum absolute atomic E-state index is 0.104. The van der Waals surface area contributed by atoms with E-state index in [1.54, 1.807) is 24.3 Å². The molecular weight excluding hydrogens is 339 g/mol. The van der Waals surface area contributed by atoms with Crippen molar-refractivity contribution >= 4 is 21.6 Å². The van der Waals surface area contributed by atoms with Crippen molar-refractivity contribution < 1.29 is 9.31 Å². The van der Waals surface area contributed by atoms with Gasteiger partial charge in [-0.15, -0.1) is 0 Å². The van der Waals surface area contributed by atoms with Gasteiger partial charge in [0, 0.05) is 22.6 Å². The molecule has 2 aromatic carbocycles.